The largest absolute Gasteiger partial charge is 0.465 e. The molecule has 2 aromatic carbocycles. The van der Waals surface area contributed by atoms with E-state index in [0.29, 0.717) is 23.4 Å². The molecule has 0 bridgehead atoms. The minimum Gasteiger partial charge on any atom is -0.465 e. The maximum absolute atomic E-state index is 13.3. The summed E-state index contributed by atoms with van der Waals surface area (Å²) in [6.45, 7) is 0.165. The van der Waals surface area contributed by atoms with Gasteiger partial charge in [-0.3, -0.25) is 4.79 Å². The number of rotatable bonds is 6. The van der Waals surface area contributed by atoms with Crippen molar-refractivity contribution < 1.29 is 22.7 Å². The fourth-order valence-corrected chi connectivity index (χ4v) is 5.84. The first-order chi connectivity index (χ1) is 13.8. The van der Waals surface area contributed by atoms with Gasteiger partial charge in [0.2, 0.25) is 5.91 Å². The predicted molar refractivity (Wildman–Crippen MR) is 109 cm³/mol. The highest BCUT2D eigenvalue weighted by molar-refractivity contribution is 7.93. The monoisotopic (exact) mass is 435 g/mol. The Hall–Kier alpha value is -2.38. The van der Waals surface area contributed by atoms with Crippen LogP contribution in [0.2, 0.25) is 5.02 Å². The van der Waals surface area contributed by atoms with Crippen molar-refractivity contribution >= 4 is 33.3 Å². The van der Waals surface area contributed by atoms with Gasteiger partial charge in [0.05, 0.1) is 17.6 Å². The molecule has 1 aliphatic carbocycles. The standard InChI is InChI=1S/C21H22ClNO5S/c1-28-19(24)16-6-4-15(5-7-16)14-23-20(25)21(12-2-3-13-21)29(26,27)18-10-8-17(22)9-11-18/h4-11H,2-3,12-14H2,1H3,(H,23,25). The molecule has 0 unspecified atom stereocenters. The molecular weight excluding hydrogens is 414 g/mol. The Bertz CT molecular complexity index is 994. The summed E-state index contributed by atoms with van der Waals surface area (Å²) in [6.07, 6.45) is 1.91. The smallest absolute Gasteiger partial charge is 0.337 e. The van der Waals surface area contributed by atoms with E-state index in [1.807, 2.05) is 0 Å². The first kappa shape index (κ1) is 21.3. The van der Waals surface area contributed by atoms with Gasteiger partial charge in [0.25, 0.3) is 0 Å². The van der Waals surface area contributed by atoms with Crippen LogP contribution in [-0.4, -0.2) is 32.2 Å². The second kappa shape index (κ2) is 8.55. The van der Waals surface area contributed by atoms with Crippen LogP contribution in [0.25, 0.3) is 0 Å². The number of esters is 1. The zero-order valence-electron chi connectivity index (χ0n) is 16.0. The fraction of sp³-hybridized carbons (Fsp3) is 0.333. The van der Waals surface area contributed by atoms with E-state index in [2.05, 4.69) is 10.1 Å². The maximum atomic E-state index is 13.3. The molecule has 29 heavy (non-hydrogen) atoms. The van der Waals surface area contributed by atoms with Crippen LogP contribution >= 0.6 is 11.6 Å². The van der Waals surface area contributed by atoms with Crippen LogP contribution in [-0.2, 0) is 25.9 Å². The first-order valence-electron chi connectivity index (χ1n) is 9.26. The number of carbonyl (C=O) groups is 2. The number of ether oxygens (including phenoxy) is 1. The van der Waals surface area contributed by atoms with Crippen molar-refractivity contribution in [3.8, 4) is 0 Å². The van der Waals surface area contributed by atoms with Gasteiger partial charge in [-0.05, 0) is 54.8 Å². The minimum atomic E-state index is -3.87. The lowest BCUT2D eigenvalue weighted by atomic mass is 10.1. The van der Waals surface area contributed by atoms with Gasteiger partial charge in [-0.15, -0.1) is 0 Å². The number of benzene rings is 2. The summed E-state index contributed by atoms with van der Waals surface area (Å²) in [5.41, 5.74) is 1.16. The molecule has 1 amide bonds. The van der Waals surface area contributed by atoms with Crippen molar-refractivity contribution in [2.45, 2.75) is 41.9 Å². The van der Waals surface area contributed by atoms with Crippen LogP contribution in [0, 0.1) is 0 Å². The third-order valence-corrected chi connectivity index (χ3v) is 8.06. The van der Waals surface area contributed by atoms with Crippen LogP contribution in [0.4, 0.5) is 0 Å². The van der Waals surface area contributed by atoms with E-state index in [1.165, 1.54) is 31.4 Å². The highest BCUT2D eigenvalue weighted by Gasteiger charge is 2.52. The number of methoxy groups -OCH3 is 1. The minimum absolute atomic E-state index is 0.0985. The van der Waals surface area contributed by atoms with Crippen LogP contribution in [0.15, 0.2) is 53.4 Å². The lowest BCUT2D eigenvalue weighted by Crippen LogP contribution is -2.50. The van der Waals surface area contributed by atoms with Crippen molar-refractivity contribution in [2.24, 2.45) is 0 Å². The van der Waals surface area contributed by atoms with Gasteiger partial charge < -0.3 is 10.1 Å². The van der Waals surface area contributed by atoms with Gasteiger partial charge in [0, 0.05) is 11.6 Å². The molecule has 0 radical (unpaired) electrons. The summed E-state index contributed by atoms with van der Waals surface area (Å²) in [4.78, 5) is 24.7. The number of amides is 1. The summed E-state index contributed by atoms with van der Waals surface area (Å²) in [6, 6.07) is 12.5. The Labute approximate surface area is 175 Å². The van der Waals surface area contributed by atoms with E-state index in [9.17, 15) is 18.0 Å². The van der Waals surface area contributed by atoms with Crippen LogP contribution < -0.4 is 5.32 Å². The molecule has 2 aromatic rings. The van der Waals surface area contributed by atoms with Crippen LogP contribution in [0.5, 0.6) is 0 Å². The van der Waals surface area contributed by atoms with Crippen LogP contribution in [0.1, 0.15) is 41.6 Å². The zero-order chi connectivity index (χ0) is 21.1. The van der Waals surface area contributed by atoms with Crippen LogP contribution in [0.3, 0.4) is 0 Å². The van der Waals surface area contributed by atoms with Gasteiger partial charge in [-0.1, -0.05) is 36.6 Å². The quantitative estimate of drug-likeness (QED) is 0.701. The fourth-order valence-electron chi connectivity index (χ4n) is 3.62. The lowest BCUT2D eigenvalue weighted by molar-refractivity contribution is -0.123. The molecule has 3 rings (SSSR count). The van der Waals surface area contributed by atoms with E-state index < -0.39 is 26.5 Å². The molecule has 8 heteroatoms. The molecule has 154 valence electrons. The normalized spacial score (nSPS) is 15.7. The van der Waals surface area contributed by atoms with Crippen molar-refractivity contribution in [1.29, 1.82) is 0 Å². The molecule has 6 nitrogen and oxygen atoms in total. The zero-order valence-corrected chi connectivity index (χ0v) is 17.6. The Morgan fingerprint density at radius 2 is 1.62 bits per heavy atom. The maximum Gasteiger partial charge on any atom is 0.337 e. The summed E-state index contributed by atoms with van der Waals surface area (Å²) in [5.74, 6) is -0.943. The van der Waals surface area contributed by atoms with Crippen molar-refractivity contribution in [3.63, 3.8) is 0 Å². The lowest BCUT2D eigenvalue weighted by Gasteiger charge is -2.27. The molecule has 0 aliphatic heterocycles. The van der Waals surface area contributed by atoms with Crippen molar-refractivity contribution in [3.05, 3.63) is 64.7 Å². The summed E-state index contributed by atoms with van der Waals surface area (Å²) >= 11 is 5.87. The average Bonchev–Trinajstić information content (AvgIpc) is 3.24. The average molecular weight is 436 g/mol. The van der Waals surface area contributed by atoms with Gasteiger partial charge in [-0.25, -0.2) is 13.2 Å². The molecule has 1 saturated carbocycles. The Balaban J connectivity index is 1.79. The Morgan fingerprint density at radius 3 is 2.17 bits per heavy atom. The molecule has 1 aliphatic rings. The summed E-state index contributed by atoms with van der Waals surface area (Å²) in [7, 11) is -2.57. The second-order valence-corrected chi connectivity index (χ2v) is 9.73. The summed E-state index contributed by atoms with van der Waals surface area (Å²) in [5, 5.41) is 3.21. The van der Waals surface area contributed by atoms with Gasteiger partial charge in [-0.2, -0.15) is 0 Å². The molecule has 0 aromatic heterocycles. The molecular formula is C21H22ClNO5S. The SMILES string of the molecule is COC(=O)c1ccc(CNC(=O)C2(S(=O)(=O)c3ccc(Cl)cc3)CCCC2)cc1. The van der Waals surface area contributed by atoms with E-state index in [4.69, 9.17) is 11.6 Å². The Kier molecular flexibility index (Phi) is 6.29. The summed E-state index contributed by atoms with van der Waals surface area (Å²) < 4.78 is 29.8. The van der Waals surface area contributed by atoms with Gasteiger partial charge in [0.15, 0.2) is 14.6 Å². The molecule has 0 atom stereocenters. The van der Waals surface area contributed by atoms with E-state index in [1.54, 1.807) is 24.3 Å². The molecule has 0 heterocycles. The van der Waals surface area contributed by atoms with Crippen molar-refractivity contribution in [2.75, 3.05) is 7.11 Å². The number of sulfone groups is 1. The molecule has 1 fully saturated rings. The number of hydrogen-bond donors (Lipinski definition) is 1. The predicted octanol–water partition coefficient (Wildman–Crippen LogP) is 3.53. The second-order valence-electron chi connectivity index (χ2n) is 7.03. The van der Waals surface area contributed by atoms with E-state index in [-0.39, 0.29) is 24.3 Å². The van der Waals surface area contributed by atoms with E-state index in [0.717, 1.165) is 5.56 Å². The van der Waals surface area contributed by atoms with Gasteiger partial charge >= 0.3 is 5.97 Å². The third-order valence-electron chi connectivity index (χ3n) is 5.29. The molecule has 1 N–H and O–H groups in total. The highest BCUT2D eigenvalue weighted by Crippen LogP contribution is 2.41. The number of halogens is 1. The topological polar surface area (TPSA) is 89.5 Å². The first-order valence-corrected chi connectivity index (χ1v) is 11.1. The number of nitrogens with one attached hydrogen (secondary N) is 1. The molecule has 0 spiro atoms. The number of carbonyl (C=O) groups excluding carboxylic acids is 2. The van der Waals surface area contributed by atoms with Gasteiger partial charge in [0.1, 0.15) is 0 Å². The highest BCUT2D eigenvalue weighted by atomic mass is 35.5. The molecule has 0 saturated heterocycles. The Morgan fingerprint density at radius 1 is 1.03 bits per heavy atom. The van der Waals surface area contributed by atoms with Crippen molar-refractivity contribution in [1.82, 2.24) is 5.32 Å². The third kappa shape index (κ3) is 4.16. The number of hydrogen-bond acceptors (Lipinski definition) is 5. The van der Waals surface area contributed by atoms with E-state index >= 15 is 0 Å².